The van der Waals surface area contributed by atoms with Crippen molar-refractivity contribution in [1.82, 2.24) is 0 Å². The molecule has 0 aromatic rings. The van der Waals surface area contributed by atoms with Gasteiger partial charge in [-0.05, 0) is 31.8 Å². The molecule has 0 aliphatic heterocycles. The summed E-state index contributed by atoms with van der Waals surface area (Å²) in [5, 5.41) is 8.42. The quantitative estimate of drug-likeness (QED) is 0.197. The Morgan fingerprint density at radius 3 is 2.50 bits per heavy atom. The average Bonchev–Trinajstić information content (AvgIpc) is 2.50. The normalized spacial score (nSPS) is 11.3. The van der Waals surface area contributed by atoms with Crippen LogP contribution in [0.1, 0.15) is 38.5 Å². The molecule has 0 rings (SSSR count). The van der Waals surface area contributed by atoms with E-state index in [4.69, 9.17) is 9.84 Å². The van der Waals surface area contributed by atoms with Crippen molar-refractivity contribution < 1.29 is 14.6 Å². The molecule has 3 nitrogen and oxygen atoms in total. The molecule has 3 heteroatoms. The molecular weight excluding hydrogens is 276 g/mol. The highest BCUT2D eigenvalue weighted by Gasteiger charge is 1.90. The van der Waals surface area contributed by atoms with E-state index in [2.05, 4.69) is 49.0 Å². The molecule has 0 radical (unpaired) electrons. The van der Waals surface area contributed by atoms with Crippen LogP contribution in [0.15, 0.2) is 61.4 Å². The zero-order valence-corrected chi connectivity index (χ0v) is 12.9. The van der Waals surface area contributed by atoms with Crippen molar-refractivity contribution in [2.75, 3.05) is 0 Å². The first-order valence-corrected chi connectivity index (χ1v) is 7.35. The third-order valence-corrected chi connectivity index (χ3v) is 2.41. The second kappa shape index (κ2) is 16.6. The summed E-state index contributed by atoms with van der Waals surface area (Å²) < 4.78 is 4.92. The average molecular weight is 300 g/mol. The summed E-state index contributed by atoms with van der Waals surface area (Å²) in [6.45, 7) is 3.61. The van der Waals surface area contributed by atoms with Gasteiger partial charge >= 0.3 is 5.97 Å². The van der Waals surface area contributed by atoms with Gasteiger partial charge in [-0.3, -0.25) is 4.79 Å². The fraction of sp³-hybridized carbons (Fsp3) is 0.316. The number of carbonyl (C=O) groups is 1. The third-order valence-electron chi connectivity index (χ3n) is 2.41. The number of allylic oxidation sites excluding steroid dienone is 8. The lowest BCUT2D eigenvalue weighted by Gasteiger charge is -1.87. The molecule has 0 aliphatic carbocycles. The molecular formula is C19H24O3. The van der Waals surface area contributed by atoms with Crippen molar-refractivity contribution in [2.45, 2.75) is 38.5 Å². The van der Waals surface area contributed by atoms with E-state index in [9.17, 15) is 4.79 Å². The molecule has 0 aliphatic rings. The second-order valence-electron chi connectivity index (χ2n) is 4.32. The van der Waals surface area contributed by atoms with Crippen LogP contribution in [-0.4, -0.2) is 11.1 Å². The molecule has 0 saturated heterocycles. The maximum Gasteiger partial charge on any atom is 0.303 e. The Hall–Kier alpha value is -2.47. The lowest BCUT2D eigenvalue weighted by Crippen LogP contribution is -1.91. The Morgan fingerprint density at radius 1 is 1.05 bits per heavy atom. The van der Waals surface area contributed by atoms with E-state index in [0.29, 0.717) is 6.42 Å². The van der Waals surface area contributed by atoms with Gasteiger partial charge in [0.05, 0.1) is 6.26 Å². The van der Waals surface area contributed by atoms with E-state index in [0.717, 1.165) is 25.7 Å². The van der Waals surface area contributed by atoms with Crippen molar-refractivity contribution in [1.29, 1.82) is 0 Å². The molecule has 0 unspecified atom stereocenters. The van der Waals surface area contributed by atoms with Gasteiger partial charge < -0.3 is 9.84 Å². The summed E-state index contributed by atoms with van der Waals surface area (Å²) in [7, 11) is 0. The van der Waals surface area contributed by atoms with E-state index >= 15 is 0 Å². The Morgan fingerprint density at radius 2 is 1.77 bits per heavy atom. The molecule has 0 spiro atoms. The highest BCUT2D eigenvalue weighted by atomic mass is 16.5. The number of aliphatic carboxylic acids is 1. The van der Waals surface area contributed by atoms with Gasteiger partial charge in [0.1, 0.15) is 6.11 Å². The number of rotatable bonds is 11. The van der Waals surface area contributed by atoms with E-state index in [1.54, 1.807) is 12.2 Å². The molecule has 0 aromatic heterocycles. The SMILES string of the molecule is C=C/C=C\C/C=C/C/C=C/CCC#CO/C=C/CCC(=O)O. The zero-order valence-electron chi connectivity index (χ0n) is 12.9. The van der Waals surface area contributed by atoms with Crippen molar-refractivity contribution in [3.63, 3.8) is 0 Å². The molecule has 0 atom stereocenters. The van der Waals surface area contributed by atoms with Crippen LogP contribution in [0.5, 0.6) is 0 Å². The van der Waals surface area contributed by atoms with Gasteiger partial charge in [0.25, 0.3) is 0 Å². The summed E-state index contributed by atoms with van der Waals surface area (Å²) in [5.74, 6) is 2.07. The maximum absolute atomic E-state index is 10.2. The van der Waals surface area contributed by atoms with E-state index in [1.807, 2.05) is 6.08 Å². The van der Waals surface area contributed by atoms with Crippen LogP contribution >= 0.6 is 0 Å². The Labute approximate surface area is 133 Å². The molecule has 0 saturated carbocycles. The van der Waals surface area contributed by atoms with Crippen LogP contribution in [0.3, 0.4) is 0 Å². The van der Waals surface area contributed by atoms with Gasteiger partial charge in [-0.2, -0.15) is 0 Å². The van der Waals surface area contributed by atoms with Gasteiger partial charge in [0.2, 0.25) is 0 Å². The predicted octanol–water partition coefficient (Wildman–Crippen LogP) is 4.76. The smallest absolute Gasteiger partial charge is 0.303 e. The molecule has 0 fully saturated rings. The van der Waals surface area contributed by atoms with Crippen LogP contribution in [0.25, 0.3) is 0 Å². The first-order valence-electron chi connectivity index (χ1n) is 7.35. The van der Waals surface area contributed by atoms with Crippen molar-refractivity contribution in [2.24, 2.45) is 0 Å². The number of hydrogen-bond donors (Lipinski definition) is 1. The fourth-order valence-corrected chi connectivity index (χ4v) is 1.34. The largest absolute Gasteiger partial charge is 0.481 e. The van der Waals surface area contributed by atoms with Gasteiger partial charge in [0, 0.05) is 12.8 Å². The molecule has 22 heavy (non-hydrogen) atoms. The highest BCUT2D eigenvalue weighted by molar-refractivity contribution is 5.66. The molecule has 1 N–H and O–H groups in total. The third kappa shape index (κ3) is 17.5. The molecule has 0 bridgehead atoms. The Bertz CT molecular complexity index is 471. The number of hydrogen-bond acceptors (Lipinski definition) is 2. The van der Waals surface area contributed by atoms with Crippen LogP contribution in [-0.2, 0) is 9.53 Å². The van der Waals surface area contributed by atoms with Gasteiger partial charge in [0.15, 0.2) is 0 Å². The number of carboxylic acids is 1. The van der Waals surface area contributed by atoms with Crippen molar-refractivity contribution >= 4 is 5.97 Å². The molecule has 0 heterocycles. The molecule has 0 amide bonds. The lowest BCUT2D eigenvalue weighted by molar-refractivity contribution is -0.136. The molecule has 118 valence electrons. The second-order valence-corrected chi connectivity index (χ2v) is 4.32. The standard InChI is InChI=1S/C19H24O3/c1-2-3-4-5-6-7-8-9-10-11-12-14-17-22-18-15-13-16-19(20)21/h2-4,6-7,9-10,15,18H,1,5,8,11-13,16H2,(H,20,21)/b4-3-,7-6+,10-9+,18-15+. The van der Waals surface area contributed by atoms with E-state index in [-0.39, 0.29) is 6.42 Å². The minimum absolute atomic E-state index is 0.108. The monoisotopic (exact) mass is 300 g/mol. The van der Waals surface area contributed by atoms with Crippen LogP contribution < -0.4 is 0 Å². The summed E-state index contributed by atoms with van der Waals surface area (Å²) in [5.41, 5.74) is 0. The van der Waals surface area contributed by atoms with Crippen molar-refractivity contribution in [3.8, 4) is 12.0 Å². The van der Waals surface area contributed by atoms with Crippen LogP contribution in [0.4, 0.5) is 0 Å². The first-order chi connectivity index (χ1) is 10.8. The number of carboxylic acid groups (broad SMARTS) is 1. The minimum Gasteiger partial charge on any atom is -0.481 e. The van der Waals surface area contributed by atoms with Crippen LogP contribution in [0, 0.1) is 12.0 Å². The van der Waals surface area contributed by atoms with Crippen molar-refractivity contribution in [3.05, 3.63) is 61.4 Å². The minimum atomic E-state index is -0.814. The summed E-state index contributed by atoms with van der Waals surface area (Å²) >= 11 is 0. The first kappa shape index (κ1) is 19.5. The number of unbranched alkanes of at least 4 members (excludes halogenated alkanes) is 1. The van der Waals surface area contributed by atoms with Crippen LogP contribution in [0.2, 0.25) is 0 Å². The Balaban J connectivity index is 3.50. The number of ether oxygens (including phenoxy) is 1. The highest BCUT2D eigenvalue weighted by Crippen LogP contribution is 1.95. The topological polar surface area (TPSA) is 46.5 Å². The van der Waals surface area contributed by atoms with Gasteiger partial charge in [-0.15, -0.1) is 0 Å². The predicted molar refractivity (Wildman–Crippen MR) is 91.0 cm³/mol. The maximum atomic E-state index is 10.2. The van der Waals surface area contributed by atoms with Gasteiger partial charge in [-0.1, -0.05) is 55.0 Å². The summed E-state index contributed by atoms with van der Waals surface area (Å²) in [6, 6.07) is 0. The van der Waals surface area contributed by atoms with E-state index < -0.39 is 5.97 Å². The van der Waals surface area contributed by atoms with Gasteiger partial charge in [-0.25, -0.2) is 0 Å². The lowest BCUT2D eigenvalue weighted by atomic mass is 10.2. The summed E-state index contributed by atoms with van der Waals surface area (Å²) in [4.78, 5) is 10.2. The summed E-state index contributed by atoms with van der Waals surface area (Å²) in [6.07, 6.45) is 23.9. The fourth-order valence-electron chi connectivity index (χ4n) is 1.34. The Kier molecular flexibility index (Phi) is 14.7. The molecule has 0 aromatic carbocycles. The zero-order chi connectivity index (χ0) is 16.3. The van der Waals surface area contributed by atoms with E-state index in [1.165, 1.54) is 6.26 Å².